The van der Waals surface area contributed by atoms with Crippen LogP contribution in [0.1, 0.15) is 16.1 Å². The van der Waals surface area contributed by atoms with E-state index in [-0.39, 0.29) is 5.91 Å². The van der Waals surface area contributed by atoms with Crippen LogP contribution in [0.3, 0.4) is 0 Å². The van der Waals surface area contributed by atoms with E-state index in [0.717, 1.165) is 16.3 Å². The van der Waals surface area contributed by atoms with Crippen LogP contribution in [0, 0.1) is 6.92 Å². The molecule has 3 rings (SSSR count). The number of hydrogen-bond donors (Lipinski definition) is 2. The molecule has 0 radical (unpaired) electrons. The smallest absolute Gasteiger partial charge is 0.257 e. The number of nitrogens with two attached hydrogens (primary N) is 1. The quantitative estimate of drug-likeness (QED) is 0.746. The van der Waals surface area contributed by atoms with Crippen LogP contribution in [-0.4, -0.2) is 15.9 Å². The third-order valence-corrected chi connectivity index (χ3v) is 4.90. The molecule has 0 aliphatic rings. The molecule has 0 aliphatic heterocycles. The molecule has 0 fully saturated rings. The first kappa shape index (κ1) is 15.0. The average molecular weight is 351 g/mol. The molecule has 3 N–H and O–H groups in total. The highest BCUT2D eigenvalue weighted by Crippen LogP contribution is 2.34. The number of carbonyl (C=O) groups excluding carboxylic acids is 1. The normalized spacial score (nSPS) is 10.6. The Kier molecular flexibility index (Phi) is 4.10. The number of benzene rings is 1. The van der Waals surface area contributed by atoms with Crippen molar-refractivity contribution in [3.63, 3.8) is 0 Å². The lowest BCUT2D eigenvalue weighted by atomic mass is 10.2. The maximum absolute atomic E-state index is 12.2. The van der Waals surface area contributed by atoms with E-state index < -0.39 is 0 Å². The largest absolute Gasteiger partial charge is 0.375 e. The maximum Gasteiger partial charge on any atom is 0.257 e. The fourth-order valence-corrected chi connectivity index (χ4v) is 3.53. The first-order chi connectivity index (χ1) is 10.5. The van der Waals surface area contributed by atoms with Gasteiger partial charge in [0.15, 0.2) is 10.3 Å². The minimum absolute atomic E-state index is 0.227. The van der Waals surface area contributed by atoms with Gasteiger partial charge in [0.2, 0.25) is 0 Å². The lowest BCUT2D eigenvalue weighted by molar-refractivity contribution is 0.102. The van der Waals surface area contributed by atoms with E-state index in [0.29, 0.717) is 20.8 Å². The van der Waals surface area contributed by atoms with Crippen LogP contribution in [0.15, 0.2) is 29.6 Å². The van der Waals surface area contributed by atoms with Gasteiger partial charge in [0.05, 0.1) is 16.3 Å². The van der Waals surface area contributed by atoms with Gasteiger partial charge in [0, 0.05) is 16.0 Å². The van der Waals surface area contributed by atoms with E-state index in [4.69, 9.17) is 17.3 Å². The molecule has 8 heteroatoms. The molecule has 0 spiro atoms. The van der Waals surface area contributed by atoms with Crippen LogP contribution in [0.2, 0.25) is 5.02 Å². The van der Waals surface area contributed by atoms with E-state index in [1.165, 1.54) is 22.7 Å². The summed E-state index contributed by atoms with van der Waals surface area (Å²) in [6, 6.07) is 6.68. The summed E-state index contributed by atoms with van der Waals surface area (Å²) in [6.07, 6.45) is 0. The molecule has 1 aromatic carbocycles. The van der Waals surface area contributed by atoms with Crippen molar-refractivity contribution in [3.8, 4) is 10.6 Å². The predicted octanol–water partition coefficient (Wildman–Crippen LogP) is 4.06. The number of nitrogen functional groups attached to an aromatic ring is 1. The van der Waals surface area contributed by atoms with Gasteiger partial charge >= 0.3 is 0 Å². The molecule has 2 heterocycles. The lowest BCUT2D eigenvalue weighted by Crippen LogP contribution is -2.11. The highest BCUT2D eigenvalue weighted by molar-refractivity contribution is 7.19. The second-order valence-corrected chi connectivity index (χ2v) is 6.79. The molecule has 1 amide bonds. The van der Waals surface area contributed by atoms with Gasteiger partial charge in [-0.3, -0.25) is 10.1 Å². The Morgan fingerprint density at radius 2 is 2.00 bits per heavy atom. The van der Waals surface area contributed by atoms with Crippen LogP contribution >= 0.6 is 34.3 Å². The standard InChI is InChI=1S/C14H11ClN4OS2/c1-7-11(10-6-21-13(16)18-10)22-14(17-7)19-12(20)8-2-4-9(15)5-3-8/h2-6H,1H3,(H2,16,18)(H,17,19,20). The number of amides is 1. The number of halogens is 1. The SMILES string of the molecule is Cc1nc(NC(=O)c2ccc(Cl)cc2)sc1-c1csc(N)n1. The highest BCUT2D eigenvalue weighted by atomic mass is 35.5. The number of aromatic nitrogens is 2. The summed E-state index contributed by atoms with van der Waals surface area (Å²) in [6.45, 7) is 1.87. The van der Waals surface area contributed by atoms with Crippen molar-refractivity contribution >= 4 is 50.4 Å². The first-order valence-corrected chi connectivity index (χ1v) is 8.36. The number of carbonyl (C=O) groups is 1. The fraction of sp³-hybridized carbons (Fsp3) is 0.0714. The Bertz CT molecular complexity index is 826. The zero-order chi connectivity index (χ0) is 15.7. The Morgan fingerprint density at radius 1 is 1.27 bits per heavy atom. The summed E-state index contributed by atoms with van der Waals surface area (Å²) in [4.78, 5) is 21.7. The second kappa shape index (κ2) is 6.04. The van der Waals surface area contributed by atoms with Crippen molar-refractivity contribution in [2.45, 2.75) is 6.92 Å². The van der Waals surface area contributed by atoms with E-state index in [9.17, 15) is 4.79 Å². The van der Waals surface area contributed by atoms with Gasteiger partial charge in [-0.2, -0.15) is 0 Å². The Balaban J connectivity index is 1.81. The van der Waals surface area contributed by atoms with Gasteiger partial charge in [-0.15, -0.1) is 11.3 Å². The predicted molar refractivity (Wildman–Crippen MR) is 91.8 cm³/mol. The molecule has 0 atom stereocenters. The topological polar surface area (TPSA) is 80.9 Å². The Hall–Kier alpha value is -1.96. The molecule has 5 nitrogen and oxygen atoms in total. The number of aryl methyl sites for hydroxylation is 1. The monoisotopic (exact) mass is 350 g/mol. The summed E-state index contributed by atoms with van der Waals surface area (Å²) < 4.78 is 0. The molecular formula is C14H11ClN4OS2. The third kappa shape index (κ3) is 3.11. The summed E-state index contributed by atoms with van der Waals surface area (Å²) in [5, 5.41) is 6.28. The first-order valence-electron chi connectivity index (χ1n) is 6.28. The van der Waals surface area contributed by atoms with Gasteiger partial charge in [0.1, 0.15) is 0 Å². The third-order valence-electron chi connectivity index (χ3n) is 2.88. The molecule has 2 aromatic heterocycles. The highest BCUT2D eigenvalue weighted by Gasteiger charge is 2.15. The minimum Gasteiger partial charge on any atom is -0.375 e. The van der Waals surface area contributed by atoms with E-state index in [1.54, 1.807) is 24.3 Å². The molecular weight excluding hydrogens is 340 g/mol. The summed E-state index contributed by atoms with van der Waals surface area (Å²) in [5.74, 6) is -0.227. The van der Waals surface area contributed by atoms with Gasteiger partial charge in [-0.25, -0.2) is 9.97 Å². The molecule has 0 saturated carbocycles. The summed E-state index contributed by atoms with van der Waals surface area (Å²) >= 11 is 8.56. The molecule has 22 heavy (non-hydrogen) atoms. The summed E-state index contributed by atoms with van der Waals surface area (Å²) in [7, 11) is 0. The van der Waals surface area contributed by atoms with Crippen LogP contribution in [0.25, 0.3) is 10.6 Å². The molecule has 0 saturated heterocycles. The van der Waals surface area contributed by atoms with Crippen molar-refractivity contribution in [3.05, 3.63) is 45.9 Å². The van der Waals surface area contributed by atoms with Crippen molar-refractivity contribution < 1.29 is 4.79 Å². The Labute approximate surface area is 139 Å². The fourth-order valence-electron chi connectivity index (χ4n) is 1.85. The van der Waals surface area contributed by atoms with Gasteiger partial charge in [-0.1, -0.05) is 22.9 Å². The van der Waals surface area contributed by atoms with Gasteiger partial charge < -0.3 is 5.73 Å². The van der Waals surface area contributed by atoms with E-state index >= 15 is 0 Å². The van der Waals surface area contributed by atoms with Crippen molar-refractivity contribution in [1.29, 1.82) is 0 Å². The molecule has 0 bridgehead atoms. The van der Waals surface area contributed by atoms with Gasteiger partial charge in [-0.05, 0) is 31.2 Å². The molecule has 0 aliphatic carbocycles. The van der Waals surface area contributed by atoms with E-state index in [2.05, 4.69) is 15.3 Å². The molecule has 3 aromatic rings. The molecule has 0 unspecified atom stereocenters. The minimum atomic E-state index is -0.227. The number of anilines is 2. The zero-order valence-corrected chi connectivity index (χ0v) is 13.9. The number of thiazole rings is 2. The lowest BCUT2D eigenvalue weighted by Gasteiger charge is -2.01. The number of rotatable bonds is 3. The maximum atomic E-state index is 12.2. The van der Waals surface area contributed by atoms with Crippen LogP contribution < -0.4 is 11.1 Å². The summed E-state index contributed by atoms with van der Waals surface area (Å²) in [5.41, 5.74) is 7.77. The zero-order valence-electron chi connectivity index (χ0n) is 11.5. The van der Waals surface area contributed by atoms with Crippen molar-refractivity contribution in [2.75, 3.05) is 11.1 Å². The number of nitrogens with one attached hydrogen (secondary N) is 1. The number of hydrogen-bond acceptors (Lipinski definition) is 6. The van der Waals surface area contributed by atoms with E-state index in [1.807, 2.05) is 12.3 Å². The number of nitrogens with zero attached hydrogens (tertiary/aromatic N) is 2. The van der Waals surface area contributed by atoms with Crippen LogP contribution in [0.4, 0.5) is 10.3 Å². The average Bonchev–Trinajstić information content (AvgIpc) is 3.05. The van der Waals surface area contributed by atoms with Crippen molar-refractivity contribution in [2.24, 2.45) is 0 Å². The molecule has 112 valence electrons. The second-order valence-electron chi connectivity index (χ2n) is 4.47. The van der Waals surface area contributed by atoms with Crippen LogP contribution in [0.5, 0.6) is 0 Å². The Morgan fingerprint density at radius 3 is 2.64 bits per heavy atom. The van der Waals surface area contributed by atoms with Crippen molar-refractivity contribution in [1.82, 2.24) is 9.97 Å². The van der Waals surface area contributed by atoms with Gasteiger partial charge in [0.25, 0.3) is 5.91 Å². The van der Waals surface area contributed by atoms with Crippen LogP contribution in [-0.2, 0) is 0 Å².